The predicted octanol–water partition coefficient (Wildman–Crippen LogP) is 9.92. The van der Waals surface area contributed by atoms with Crippen molar-refractivity contribution in [2.45, 2.75) is 75.7 Å². The zero-order valence-corrected chi connectivity index (χ0v) is 31.6. The van der Waals surface area contributed by atoms with Crippen LogP contribution in [0.4, 0.5) is 17.1 Å². The highest BCUT2D eigenvalue weighted by Crippen LogP contribution is 2.34. The number of carbonyl (C=O) groups excluding carboxylic acids is 4. The molecule has 0 bridgehead atoms. The first-order valence-corrected chi connectivity index (χ1v) is 17.2. The monoisotopic (exact) mass is 683 g/mol. The Morgan fingerprint density at radius 3 is 1.28 bits per heavy atom. The number of amides is 3. The van der Waals surface area contributed by atoms with Gasteiger partial charge in [0.25, 0.3) is 17.7 Å². The fourth-order valence-corrected chi connectivity index (χ4v) is 5.05. The van der Waals surface area contributed by atoms with Crippen molar-refractivity contribution in [1.29, 1.82) is 0 Å². The van der Waals surface area contributed by atoms with Gasteiger partial charge in [-0.1, -0.05) is 91.8 Å². The number of benzene rings is 4. The molecule has 0 fully saturated rings. The SMILES string of the molecule is CC.CC.CC.CC.COc1cccc2c1NC(=O)c1cccc(C)c1CC(=O)c1cccc(C)c1NC(=O)c1cccc(OC)c1NC2=O. The van der Waals surface area contributed by atoms with Gasteiger partial charge in [-0.05, 0) is 66.9 Å². The van der Waals surface area contributed by atoms with Gasteiger partial charge in [-0.2, -0.15) is 0 Å². The van der Waals surface area contributed by atoms with Crippen LogP contribution in [-0.4, -0.2) is 37.7 Å². The van der Waals surface area contributed by atoms with E-state index >= 15 is 0 Å². The lowest BCUT2D eigenvalue weighted by Crippen LogP contribution is -2.24. The summed E-state index contributed by atoms with van der Waals surface area (Å²) in [5.74, 6) is -1.44. The van der Waals surface area contributed by atoms with E-state index in [-0.39, 0.29) is 51.8 Å². The number of hydrogen-bond acceptors (Lipinski definition) is 6. The van der Waals surface area contributed by atoms with Crippen molar-refractivity contribution in [1.82, 2.24) is 0 Å². The van der Waals surface area contributed by atoms with Crippen LogP contribution in [0.25, 0.3) is 0 Å². The molecule has 0 saturated carbocycles. The second kappa shape index (κ2) is 21.5. The summed E-state index contributed by atoms with van der Waals surface area (Å²) in [5.41, 5.74) is 3.33. The number of fused-ring (bicyclic) bond motifs is 4. The Kier molecular flexibility index (Phi) is 18.3. The highest BCUT2D eigenvalue weighted by molar-refractivity contribution is 6.19. The maximum atomic E-state index is 13.8. The summed E-state index contributed by atoms with van der Waals surface area (Å²) >= 11 is 0. The van der Waals surface area contributed by atoms with Crippen molar-refractivity contribution in [3.63, 3.8) is 0 Å². The van der Waals surface area contributed by atoms with Crippen LogP contribution in [0.5, 0.6) is 11.5 Å². The van der Waals surface area contributed by atoms with Crippen LogP contribution in [0.1, 0.15) is 114 Å². The number of aryl methyl sites for hydroxylation is 2. The number of anilines is 3. The summed E-state index contributed by atoms with van der Waals surface area (Å²) in [6.07, 6.45) is -0.0918. The Morgan fingerprint density at radius 1 is 0.460 bits per heavy atom. The molecule has 5 rings (SSSR count). The summed E-state index contributed by atoms with van der Waals surface area (Å²) < 4.78 is 11.0. The van der Waals surface area contributed by atoms with Gasteiger partial charge in [0, 0.05) is 17.5 Å². The van der Waals surface area contributed by atoms with Crippen LogP contribution < -0.4 is 25.4 Å². The van der Waals surface area contributed by atoms with E-state index in [0.717, 1.165) is 5.56 Å². The standard InChI is InChI=1S/C33H29N3O6.4C2H6/c1-18-9-5-11-20-24(18)17-25(37)21-12-6-10-19(2)28(21)34-32(39)22-13-7-16-27(42-4)30(22)36-33(40)23-14-8-15-26(41-3)29(23)35-31(20)38;4*1-2/h5-16H,17H2,1-4H3,(H,34,39)(H,35,38)(H,36,40);4*1-2H3. The Balaban J connectivity index is 0.00000146. The Morgan fingerprint density at radius 2 is 0.820 bits per heavy atom. The van der Waals surface area contributed by atoms with Crippen molar-refractivity contribution in [2.75, 3.05) is 30.2 Å². The van der Waals surface area contributed by atoms with E-state index in [1.807, 2.05) is 68.4 Å². The predicted molar refractivity (Wildman–Crippen MR) is 206 cm³/mol. The van der Waals surface area contributed by atoms with Crippen LogP contribution in [0.2, 0.25) is 0 Å². The first-order valence-electron chi connectivity index (χ1n) is 17.2. The maximum absolute atomic E-state index is 13.8. The molecule has 0 aromatic heterocycles. The number of hydrogen-bond donors (Lipinski definition) is 3. The fraction of sp³-hybridized carbons (Fsp3) is 0.317. The smallest absolute Gasteiger partial charge is 0.258 e. The van der Waals surface area contributed by atoms with E-state index < -0.39 is 17.7 Å². The van der Waals surface area contributed by atoms with Gasteiger partial charge in [-0.25, -0.2) is 0 Å². The summed E-state index contributed by atoms with van der Waals surface area (Å²) in [7, 11) is 2.85. The molecule has 0 saturated heterocycles. The normalized spacial score (nSPS) is 11.8. The molecule has 50 heavy (non-hydrogen) atoms. The van der Waals surface area contributed by atoms with Crippen molar-refractivity contribution in [2.24, 2.45) is 0 Å². The molecule has 1 heterocycles. The Hall–Kier alpha value is -5.44. The second-order valence-corrected chi connectivity index (χ2v) is 9.83. The molecule has 1 aliphatic rings. The van der Waals surface area contributed by atoms with Crippen LogP contribution in [0.3, 0.4) is 0 Å². The van der Waals surface area contributed by atoms with Crippen LogP contribution in [0, 0.1) is 13.8 Å². The van der Waals surface area contributed by atoms with Crippen molar-refractivity contribution >= 4 is 40.6 Å². The lowest BCUT2D eigenvalue weighted by molar-refractivity contribution is 0.0991. The third-order valence-electron chi connectivity index (χ3n) is 7.26. The number of rotatable bonds is 2. The van der Waals surface area contributed by atoms with Crippen LogP contribution >= 0.6 is 0 Å². The first kappa shape index (κ1) is 42.6. The second-order valence-electron chi connectivity index (χ2n) is 9.83. The van der Waals surface area contributed by atoms with Gasteiger partial charge in [0.1, 0.15) is 11.5 Å². The molecule has 268 valence electrons. The average Bonchev–Trinajstić information content (AvgIpc) is 3.16. The molecular formula is C41H53N3O6. The number of carbonyl (C=O) groups is 4. The molecule has 0 atom stereocenters. The summed E-state index contributed by atoms with van der Waals surface area (Å²) in [4.78, 5) is 55.0. The summed E-state index contributed by atoms with van der Waals surface area (Å²) in [6, 6.07) is 19.9. The van der Waals surface area contributed by atoms with E-state index in [9.17, 15) is 19.2 Å². The van der Waals surface area contributed by atoms with Gasteiger partial charge in [-0.3, -0.25) is 19.2 Å². The number of nitrogens with one attached hydrogen (secondary N) is 3. The Bertz CT molecular complexity index is 1740. The molecule has 0 spiro atoms. The molecule has 3 N–H and O–H groups in total. The minimum absolute atomic E-state index is 0.0918. The highest BCUT2D eigenvalue weighted by atomic mass is 16.5. The number of ketones is 1. The zero-order valence-electron chi connectivity index (χ0n) is 31.6. The van der Waals surface area contributed by atoms with Crippen molar-refractivity contribution < 1.29 is 28.7 Å². The van der Waals surface area contributed by atoms with E-state index in [1.165, 1.54) is 20.3 Å². The average molecular weight is 684 g/mol. The number of para-hydroxylation sites is 3. The quantitative estimate of drug-likeness (QED) is 0.193. The molecule has 0 unspecified atom stereocenters. The third-order valence-corrected chi connectivity index (χ3v) is 7.26. The molecule has 9 heteroatoms. The maximum Gasteiger partial charge on any atom is 0.258 e. The molecule has 9 nitrogen and oxygen atoms in total. The lowest BCUT2D eigenvalue weighted by atomic mass is 9.93. The summed E-state index contributed by atoms with van der Waals surface area (Å²) in [5, 5.41) is 8.51. The van der Waals surface area contributed by atoms with Gasteiger partial charge in [0.05, 0.1) is 42.4 Å². The van der Waals surface area contributed by atoms with Crippen LogP contribution in [-0.2, 0) is 6.42 Å². The van der Waals surface area contributed by atoms with Crippen molar-refractivity contribution in [3.05, 3.63) is 112 Å². The largest absolute Gasteiger partial charge is 0.495 e. The van der Waals surface area contributed by atoms with Gasteiger partial charge in [0.15, 0.2) is 5.78 Å². The molecular weight excluding hydrogens is 630 g/mol. The molecule has 0 radical (unpaired) electrons. The molecule has 1 aliphatic heterocycles. The van der Waals surface area contributed by atoms with E-state index in [2.05, 4.69) is 16.0 Å². The van der Waals surface area contributed by atoms with Gasteiger partial charge < -0.3 is 25.4 Å². The van der Waals surface area contributed by atoms with Gasteiger partial charge >= 0.3 is 0 Å². The van der Waals surface area contributed by atoms with Gasteiger partial charge in [-0.15, -0.1) is 0 Å². The molecule has 4 aromatic rings. The van der Waals surface area contributed by atoms with E-state index in [0.29, 0.717) is 22.4 Å². The number of ether oxygens (including phenoxy) is 2. The minimum atomic E-state index is -0.605. The number of Topliss-reactive ketones (excluding diaryl/α,β-unsaturated/α-hetero) is 1. The van der Waals surface area contributed by atoms with Crippen molar-refractivity contribution in [3.8, 4) is 11.5 Å². The third kappa shape index (κ3) is 9.81. The van der Waals surface area contributed by atoms with Crippen LogP contribution in [0.15, 0.2) is 72.8 Å². The Labute approximate surface area is 297 Å². The zero-order chi connectivity index (χ0) is 38.0. The number of methoxy groups -OCH3 is 2. The summed E-state index contributed by atoms with van der Waals surface area (Å²) in [6.45, 7) is 19.6. The van der Waals surface area contributed by atoms with E-state index in [4.69, 9.17) is 9.47 Å². The van der Waals surface area contributed by atoms with Gasteiger partial charge in [0.2, 0.25) is 0 Å². The minimum Gasteiger partial charge on any atom is -0.495 e. The topological polar surface area (TPSA) is 123 Å². The molecule has 3 amide bonds. The lowest BCUT2D eigenvalue weighted by Gasteiger charge is -2.20. The molecule has 4 aromatic carbocycles. The highest BCUT2D eigenvalue weighted by Gasteiger charge is 2.26. The van der Waals surface area contributed by atoms with E-state index in [1.54, 1.807) is 67.6 Å². The fourth-order valence-electron chi connectivity index (χ4n) is 5.05. The molecule has 0 aliphatic carbocycles. The first-order chi connectivity index (χ1) is 24.2.